The van der Waals surface area contributed by atoms with E-state index in [9.17, 15) is 19.8 Å². The number of amides is 1. The van der Waals surface area contributed by atoms with Gasteiger partial charge in [0.1, 0.15) is 6.10 Å². The lowest BCUT2D eigenvalue weighted by atomic mass is 10.0. The molecule has 6 nitrogen and oxygen atoms in total. The predicted octanol–water partition coefficient (Wildman–Crippen LogP) is 11.1. The summed E-state index contributed by atoms with van der Waals surface area (Å²) in [7, 11) is 0. The van der Waals surface area contributed by atoms with Crippen LogP contribution in [0, 0.1) is 0 Å². The van der Waals surface area contributed by atoms with Crippen LogP contribution in [0.2, 0.25) is 0 Å². The van der Waals surface area contributed by atoms with E-state index in [1.54, 1.807) is 0 Å². The molecule has 0 aromatic heterocycles. The Balaban J connectivity index is 4.53. The molecule has 0 heterocycles. The van der Waals surface area contributed by atoms with Crippen molar-refractivity contribution in [2.24, 2.45) is 0 Å². The number of hydrogen-bond donors (Lipinski definition) is 3. The molecule has 1 amide bonds. The van der Waals surface area contributed by atoms with Crippen LogP contribution in [0.4, 0.5) is 0 Å². The molecule has 0 spiro atoms. The lowest BCUT2D eigenvalue weighted by molar-refractivity contribution is -0.151. The van der Waals surface area contributed by atoms with Gasteiger partial charge in [-0.05, 0) is 44.9 Å². The minimum absolute atomic E-state index is 0.0710. The lowest BCUT2D eigenvalue weighted by Crippen LogP contribution is -2.46. The highest BCUT2D eigenvalue weighted by atomic mass is 16.5. The van der Waals surface area contributed by atoms with Crippen LogP contribution in [0.1, 0.15) is 213 Å². The highest BCUT2D eigenvalue weighted by Gasteiger charge is 2.24. The van der Waals surface area contributed by atoms with Crippen molar-refractivity contribution < 1.29 is 24.5 Å². The molecule has 278 valence electrons. The van der Waals surface area contributed by atoms with Crippen molar-refractivity contribution in [2.45, 2.75) is 232 Å². The largest absolute Gasteiger partial charge is 0.462 e. The Morgan fingerprint density at radius 2 is 1.06 bits per heavy atom. The van der Waals surface area contributed by atoms with E-state index < -0.39 is 18.2 Å². The third-order valence-electron chi connectivity index (χ3n) is 9.33. The maximum Gasteiger partial charge on any atom is 0.306 e. The van der Waals surface area contributed by atoms with E-state index in [2.05, 4.69) is 38.2 Å². The first-order valence-corrected chi connectivity index (χ1v) is 20.4. The molecule has 3 N–H and O–H groups in total. The third kappa shape index (κ3) is 31.6. The fourth-order valence-electron chi connectivity index (χ4n) is 6.20. The molecule has 3 atom stereocenters. The summed E-state index contributed by atoms with van der Waals surface area (Å²) in [4.78, 5) is 25.7. The predicted molar refractivity (Wildman–Crippen MR) is 200 cm³/mol. The normalized spacial score (nSPS) is 13.6. The molecular formula is C41H79NO5. The number of carbonyl (C=O) groups is 2. The molecule has 0 saturated carbocycles. The minimum atomic E-state index is -0.782. The van der Waals surface area contributed by atoms with Gasteiger partial charge in [-0.3, -0.25) is 9.59 Å². The van der Waals surface area contributed by atoms with Crippen LogP contribution in [0.25, 0.3) is 0 Å². The molecule has 0 bridgehead atoms. The average molecular weight is 666 g/mol. The van der Waals surface area contributed by atoms with E-state index in [1.807, 2.05) is 0 Å². The molecule has 0 aromatic rings. The number of allylic oxidation sites excluding steroid dienone is 2. The van der Waals surface area contributed by atoms with Crippen LogP contribution >= 0.6 is 0 Å². The molecule has 0 aromatic carbocycles. The van der Waals surface area contributed by atoms with Crippen molar-refractivity contribution in [3.05, 3.63) is 12.2 Å². The third-order valence-corrected chi connectivity index (χ3v) is 9.33. The van der Waals surface area contributed by atoms with Crippen LogP contribution in [-0.2, 0) is 14.3 Å². The highest BCUT2D eigenvalue weighted by Crippen LogP contribution is 2.17. The van der Waals surface area contributed by atoms with Gasteiger partial charge in [0.2, 0.25) is 5.91 Å². The first kappa shape index (κ1) is 45.6. The van der Waals surface area contributed by atoms with Gasteiger partial charge in [0.05, 0.1) is 25.2 Å². The number of hydrogen-bond acceptors (Lipinski definition) is 5. The molecule has 0 aliphatic heterocycles. The van der Waals surface area contributed by atoms with Crippen LogP contribution in [0.15, 0.2) is 12.2 Å². The fraction of sp³-hybridized carbons (Fsp3) is 0.902. The second-order valence-corrected chi connectivity index (χ2v) is 14.0. The lowest BCUT2D eigenvalue weighted by Gasteiger charge is -2.24. The molecule has 0 radical (unpaired) electrons. The summed E-state index contributed by atoms with van der Waals surface area (Å²) >= 11 is 0. The van der Waals surface area contributed by atoms with Crippen LogP contribution in [0.5, 0.6) is 0 Å². The van der Waals surface area contributed by atoms with Gasteiger partial charge < -0.3 is 20.3 Å². The number of nitrogens with one attached hydrogen (secondary N) is 1. The first-order chi connectivity index (χ1) is 23.0. The molecule has 3 unspecified atom stereocenters. The Labute approximate surface area is 291 Å². The summed E-state index contributed by atoms with van der Waals surface area (Å²) in [6.45, 7) is 6.36. The number of unbranched alkanes of at least 4 members (excludes halogenated alkanes) is 22. The molecule has 0 aliphatic carbocycles. The average Bonchev–Trinajstić information content (AvgIpc) is 3.06. The van der Waals surface area contributed by atoms with E-state index in [1.165, 1.54) is 96.3 Å². The van der Waals surface area contributed by atoms with Crippen molar-refractivity contribution in [3.8, 4) is 0 Å². The highest BCUT2D eigenvalue weighted by molar-refractivity contribution is 5.77. The van der Waals surface area contributed by atoms with E-state index in [4.69, 9.17) is 4.74 Å². The Kier molecular flexibility index (Phi) is 34.8. The Morgan fingerprint density at radius 3 is 1.60 bits per heavy atom. The second kappa shape index (κ2) is 35.9. The second-order valence-electron chi connectivity index (χ2n) is 14.0. The van der Waals surface area contributed by atoms with Crippen molar-refractivity contribution >= 4 is 11.9 Å². The van der Waals surface area contributed by atoms with Crippen molar-refractivity contribution in [3.63, 3.8) is 0 Å². The van der Waals surface area contributed by atoms with E-state index in [0.29, 0.717) is 19.3 Å². The van der Waals surface area contributed by atoms with Crippen molar-refractivity contribution in [2.75, 3.05) is 6.61 Å². The number of esters is 1. The quantitative estimate of drug-likeness (QED) is 0.0352. The van der Waals surface area contributed by atoms with Gasteiger partial charge in [-0.15, -0.1) is 0 Å². The van der Waals surface area contributed by atoms with Crippen molar-refractivity contribution in [1.29, 1.82) is 0 Å². The number of rotatable bonds is 36. The van der Waals surface area contributed by atoms with Gasteiger partial charge in [0.25, 0.3) is 0 Å². The Bertz CT molecular complexity index is 712. The summed E-state index contributed by atoms with van der Waals surface area (Å²) in [6, 6.07) is -0.696. The van der Waals surface area contributed by atoms with Crippen LogP contribution in [-0.4, -0.2) is 46.9 Å². The maximum atomic E-state index is 13.0. The van der Waals surface area contributed by atoms with Gasteiger partial charge in [-0.25, -0.2) is 0 Å². The SMILES string of the molecule is CCC/C=C\CCCCCC(CC(=O)NC(CO)C(O)CCCCCCCCCCCCC)OC(=O)CCCCCCCCCCC. The van der Waals surface area contributed by atoms with Gasteiger partial charge in [-0.2, -0.15) is 0 Å². The zero-order chi connectivity index (χ0) is 34.6. The molecular weight excluding hydrogens is 586 g/mol. The monoisotopic (exact) mass is 666 g/mol. The van der Waals surface area contributed by atoms with E-state index >= 15 is 0 Å². The number of aliphatic hydroxyl groups excluding tert-OH is 2. The topological polar surface area (TPSA) is 95.9 Å². The Hall–Kier alpha value is -1.40. The Morgan fingerprint density at radius 1 is 0.596 bits per heavy atom. The minimum Gasteiger partial charge on any atom is -0.462 e. The molecule has 0 rings (SSSR count). The van der Waals surface area contributed by atoms with Gasteiger partial charge in [0.15, 0.2) is 0 Å². The maximum absolute atomic E-state index is 13.0. The number of ether oxygens (including phenoxy) is 1. The van der Waals surface area contributed by atoms with Gasteiger partial charge >= 0.3 is 5.97 Å². The fourth-order valence-corrected chi connectivity index (χ4v) is 6.20. The standard InChI is InChI=1S/C41H79NO5/c1-4-7-10-13-16-19-20-22-24-27-30-33-39(44)38(36-43)42-40(45)35-37(32-29-26-23-18-15-12-9-6-3)47-41(46)34-31-28-25-21-17-14-11-8-5-2/h12,15,37-39,43-44H,4-11,13-14,16-36H2,1-3H3,(H,42,45)/b15-12-. The van der Waals surface area contributed by atoms with Crippen LogP contribution < -0.4 is 5.32 Å². The molecule has 47 heavy (non-hydrogen) atoms. The molecule has 0 aliphatic rings. The molecule has 0 saturated heterocycles. The number of carbonyl (C=O) groups excluding carboxylic acids is 2. The summed E-state index contributed by atoms with van der Waals surface area (Å²) in [5.41, 5.74) is 0. The van der Waals surface area contributed by atoms with Crippen LogP contribution in [0.3, 0.4) is 0 Å². The molecule has 0 fully saturated rings. The smallest absolute Gasteiger partial charge is 0.306 e. The van der Waals surface area contributed by atoms with E-state index in [-0.39, 0.29) is 24.9 Å². The zero-order valence-electron chi connectivity index (χ0n) is 31.4. The summed E-state index contributed by atoms with van der Waals surface area (Å²) in [6.07, 6.45) is 35.7. The summed E-state index contributed by atoms with van der Waals surface area (Å²) < 4.78 is 5.83. The molecule has 6 heteroatoms. The van der Waals surface area contributed by atoms with Gasteiger partial charge in [-0.1, -0.05) is 168 Å². The summed E-state index contributed by atoms with van der Waals surface area (Å²) in [5, 5.41) is 23.5. The summed E-state index contributed by atoms with van der Waals surface area (Å²) in [5.74, 6) is -0.492. The zero-order valence-corrected chi connectivity index (χ0v) is 31.4. The van der Waals surface area contributed by atoms with Gasteiger partial charge in [0, 0.05) is 6.42 Å². The first-order valence-electron chi connectivity index (χ1n) is 20.4. The van der Waals surface area contributed by atoms with E-state index in [0.717, 1.165) is 70.6 Å². The van der Waals surface area contributed by atoms with Crippen molar-refractivity contribution in [1.82, 2.24) is 5.32 Å². The number of aliphatic hydroxyl groups is 2.